The Morgan fingerprint density at radius 3 is 2.44 bits per heavy atom. The molecule has 3 nitrogen and oxygen atoms in total. The third-order valence-corrected chi connectivity index (χ3v) is 1.15. The van der Waals surface area contributed by atoms with E-state index in [9.17, 15) is 4.79 Å². The first-order valence-electron chi connectivity index (χ1n) is 2.63. The van der Waals surface area contributed by atoms with Crippen molar-refractivity contribution in [1.29, 1.82) is 0 Å². The highest BCUT2D eigenvalue weighted by Gasteiger charge is 2.01. The number of nitrogens with zero attached hydrogens (tertiary/aromatic N) is 1. The molecule has 1 aromatic rings. The van der Waals surface area contributed by atoms with Crippen LogP contribution in [0.2, 0.25) is 0 Å². The molecule has 0 spiro atoms. The lowest BCUT2D eigenvalue weighted by Gasteiger charge is -1.76. The summed E-state index contributed by atoms with van der Waals surface area (Å²) in [6.07, 6.45) is 0.597. The van der Waals surface area contributed by atoms with Gasteiger partial charge in [-0.25, -0.2) is 4.98 Å². The first-order valence-corrected chi connectivity index (χ1v) is 2.63. The molecular weight excluding hydrogens is 118 g/mol. The molecule has 0 aliphatic carbocycles. The molecule has 0 N–H and O–H groups in total. The number of oxazole rings is 1. The van der Waals surface area contributed by atoms with Crippen LogP contribution in [0.3, 0.4) is 0 Å². The highest BCUT2D eigenvalue weighted by Crippen LogP contribution is 2.05. The molecule has 0 aromatic carbocycles. The normalized spacial score (nSPS) is 9.56. The fourth-order valence-electron chi connectivity index (χ4n) is 0.548. The number of carbonyl (C=O) groups excluding carboxylic acids is 1. The predicted octanol–water partition coefficient (Wildman–Crippen LogP) is 1.10. The zero-order chi connectivity index (χ0) is 6.85. The number of carbonyl (C=O) groups is 1. The number of aromatic nitrogens is 1. The van der Waals surface area contributed by atoms with Crippen LogP contribution in [0.5, 0.6) is 0 Å². The Balaban J connectivity index is 3.11. The minimum atomic E-state index is 0.157. The SMILES string of the molecule is Cc1nc(C=O)oc1C. The van der Waals surface area contributed by atoms with Gasteiger partial charge in [-0.15, -0.1) is 0 Å². The second-order valence-corrected chi connectivity index (χ2v) is 1.81. The van der Waals surface area contributed by atoms with Gasteiger partial charge in [0.25, 0.3) is 5.89 Å². The van der Waals surface area contributed by atoms with Crippen LogP contribution in [0, 0.1) is 13.8 Å². The number of hydrogen-bond acceptors (Lipinski definition) is 3. The number of aldehydes is 1. The van der Waals surface area contributed by atoms with Crippen LogP contribution in [0.25, 0.3) is 0 Å². The summed E-state index contributed by atoms with van der Waals surface area (Å²) in [6.45, 7) is 3.57. The Kier molecular flexibility index (Phi) is 1.34. The van der Waals surface area contributed by atoms with Crippen LogP contribution in [-0.2, 0) is 0 Å². The van der Waals surface area contributed by atoms with E-state index in [4.69, 9.17) is 4.42 Å². The molecule has 0 aliphatic heterocycles. The maximum atomic E-state index is 10.0. The molecule has 9 heavy (non-hydrogen) atoms. The topological polar surface area (TPSA) is 43.1 Å². The molecule has 0 atom stereocenters. The second kappa shape index (κ2) is 2.01. The van der Waals surface area contributed by atoms with Crippen molar-refractivity contribution in [1.82, 2.24) is 4.98 Å². The third kappa shape index (κ3) is 0.988. The van der Waals surface area contributed by atoms with Crippen molar-refractivity contribution in [2.75, 3.05) is 0 Å². The first-order chi connectivity index (χ1) is 4.24. The van der Waals surface area contributed by atoms with Crippen molar-refractivity contribution in [3.05, 3.63) is 17.3 Å². The van der Waals surface area contributed by atoms with Gasteiger partial charge in [0.2, 0.25) is 6.29 Å². The lowest BCUT2D eigenvalue weighted by molar-refractivity contribution is 0.109. The Labute approximate surface area is 52.7 Å². The molecule has 3 heteroatoms. The predicted molar refractivity (Wildman–Crippen MR) is 31.4 cm³/mol. The fraction of sp³-hybridized carbons (Fsp3) is 0.333. The van der Waals surface area contributed by atoms with Crippen LogP contribution >= 0.6 is 0 Å². The molecule has 0 unspecified atom stereocenters. The maximum Gasteiger partial charge on any atom is 0.260 e. The summed E-state index contributed by atoms with van der Waals surface area (Å²) >= 11 is 0. The highest BCUT2D eigenvalue weighted by atomic mass is 16.4. The Bertz CT molecular complexity index is 207. The van der Waals surface area contributed by atoms with Crippen molar-refractivity contribution < 1.29 is 9.21 Å². The zero-order valence-corrected chi connectivity index (χ0v) is 5.34. The van der Waals surface area contributed by atoms with E-state index >= 15 is 0 Å². The molecule has 1 aromatic heterocycles. The summed E-state index contributed by atoms with van der Waals surface area (Å²) in [5.41, 5.74) is 0.775. The minimum Gasteiger partial charge on any atom is -0.439 e. The number of hydrogen-bond donors (Lipinski definition) is 0. The minimum absolute atomic E-state index is 0.157. The molecular formula is C6H7NO2. The van der Waals surface area contributed by atoms with E-state index in [1.54, 1.807) is 13.8 Å². The summed E-state index contributed by atoms with van der Waals surface area (Å²) in [6, 6.07) is 0. The van der Waals surface area contributed by atoms with E-state index in [0.717, 1.165) is 5.69 Å². The van der Waals surface area contributed by atoms with Gasteiger partial charge in [0.05, 0.1) is 5.69 Å². The Morgan fingerprint density at radius 1 is 1.56 bits per heavy atom. The van der Waals surface area contributed by atoms with Crippen molar-refractivity contribution in [3.63, 3.8) is 0 Å². The van der Waals surface area contributed by atoms with Gasteiger partial charge in [0.1, 0.15) is 5.76 Å². The lowest BCUT2D eigenvalue weighted by atomic mass is 10.4. The molecule has 48 valence electrons. The zero-order valence-electron chi connectivity index (χ0n) is 5.34. The van der Waals surface area contributed by atoms with Crippen molar-refractivity contribution >= 4 is 6.29 Å². The van der Waals surface area contributed by atoms with Crippen LogP contribution in [-0.4, -0.2) is 11.3 Å². The molecule has 0 saturated carbocycles. The first kappa shape index (κ1) is 6.01. The van der Waals surface area contributed by atoms with E-state index in [1.807, 2.05) is 0 Å². The lowest BCUT2D eigenvalue weighted by Crippen LogP contribution is -1.76. The van der Waals surface area contributed by atoms with Crippen LogP contribution in [0.15, 0.2) is 4.42 Å². The van der Waals surface area contributed by atoms with Gasteiger partial charge in [0, 0.05) is 0 Å². The largest absolute Gasteiger partial charge is 0.439 e. The molecule has 0 saturated heterocycles. The number of aryl methyl sites for hydroxylation is 2. The smallest absolute Gasteiger partial charge is 0.260 e. The van der Waals surface area contributed by atoms with Gasteiger partial charge in [0.15, 0.2) is 0 Å². The van der Waals surface area contributed by atoms with Crippen LogP contribution < -0.4 is 0 Å². The van der Waals surface area contributed by atoms with E-state index in [1.165, 1.54) is 0 Å². The molecule has 0 aliphatic rings. The molecule has 1 heterocycles. The van der Waals surface area contributed by atoms with Gasteiger partial charge in [-0.05, 0) is 13.8 Å². The average Bonchev–Trinajstić information content (AvgIpc) is 2.13. The van der Waals surface area contributed by atoms with E-state index in [-0.39, 0.29) is 5.89 Å². The second-order valence-electron chi connectivity index (χ2n) is 1.81. The quantitative estimate of drug-likeness (QED) is 0.528. The van der Waals surface area contributed by atoms with Crippen molar-refractivity contribution in [2.24, 2.45) is 0 Å². The molecule has 0 fully saturated rings. The molecule has 1 rings (SSSR count). The van der Waals surface area contributed by atoms with Gasteiger partial charge < -0.3 is 4.42 Å². The van der Waals surface area contributed by atoms with Crippen molar-refractivity contribution in [2.45, 2.75) is 13.8 Å². The Morgan fingerprint density at radius 2 is 2.22 bits per heavy atom. The number of rotatable bonds is 1. The van der Waals surface area contributed by atoms with Gasteiger partial charge >= 0.3 is 0 Å². The van der Waals surface area contributed by atoms with Gasteiger partial charge in [-0.1, -0.05) is 0 Å². The van der Waals surface area contributed by atoms with Gasteiger partial charge in [-0.2, -0.15) is 0 Å². The summed E-state index contributed by atoms with van der Waals surface area (Å²) in [5.74, 6) is 0.863. The van der Waals surface area contributed by atoms with E-state index in [0.29, 0.717) is 12.0 Å². The highest BCUT2D eigenvalue weighted by molar-refractivity contribution is 5.67. The van der Waals surface area contributed by atoms with Crippen LogP contribution in [0.1, 0.15) is 22.1 Å². The monoisotopic (exact) mass is 125 g/mol. The summed E-state index contributed by atoms with van der Waals surface area (Å²) in [7, 11) is 0. The van der Waals surface area contributed by atoms with Gasteiger partial charge in [-0.3, -0.25) is 4.79 Å². The molecule has 0 radical (unpaired) electrons. The fourth-order valence-corrected chi connectivity index (χ4v) is 0.548. The van der Waals surface area contributed by atoms with E-state index in [2.05, 4.69) is 4.98 Å². The molecule has 0 amide bonds. The van der Waals surface area contributed by atoms with E-state index < -0.39 is 0 Å². The van der Waals surface area contributed by atoms with Crippen LogP contribution in [0.4, 0.5) is 0 Å². The molecule has 0 bridgehead atoms. The standard InChI is InChI=1S/C6H7NO2/c1-4-5(2)9-6(3-8)7-4/h3H,1-2H3. The van der Waals surface area contributed by atoms with Crippen molar-refractivity contribution in [3.8, 4) is 0 Å². The third-order valence-electron chi connectivity index (χ3n) is 1.15. The Hall–Kier alpha value is -1.12. The summed E-state index contributed by atoms with van der Waals surface area (Å²) in [5, 5.41) is 0. The summed E-state index contributed by atoms with van der Waals surface area (Å²) < 4.78 is 4.88. The average molecular weight is 125 g/mol. The summed E-state index contributed by atoms with van der Waals surface area (Å²) in [4.78, 5) is 13.8. The maximum absolute atomic E-state index is 10.0.